The Kier molecular flexibility index (Phi) is 8.56. The molecule has 22 heavy (non-hydrogen) atoms. The fourth-order valence-corrected chi connectivity index (χ4v) is 15.7. The van der Waals surface area contributed by atoms with E-state index in [1.54, 1.807) is 0 Å². The van der Waals surface area contributed by atoms with E-state index >= 15 is 0 Å². The highest BCUT2D eigenvalue weighted by molar-refractivity contribution is 9.33. The van der Waals surface area contributed by atoms with Crippen LogP contribution in [-0.2, 0) is 16.5 Å². The van der Waals surface area contributed by atoms with Gasteiger partial charge >= 0.3 is 39.3 Å². The van der Waals surface area contributed by atoms with Crippen molar-refractivity contribution < 1.29 is 16.5 Å². The summed E-state index contributed by atoms with van der Waals surface area (Å²) in [5, 5.41) is 0. The van der Waals surface area contributed by atoms with Gasteiger partial charge < -0.3 is 16.5 Å². The molecule has 1 heterocycles. The zero-order valence-corrected chi connectivity index (χ0v) is 26.4. The van der Waals surface area contributed by atoms with Gasteiger partial charge in [-0.25, -0.2) is 0 Å². The minimum atomic E-state index is -1.87. The summed E-state index contributed by atoms with van der Waals surface area (Å²) in [5.41, 5.74) is 0. The van der Waals surface area contributed by atoms with Gasteiger partial charge in [0.25, 0.3) is 0 Å². The van der Waals surface area contributed by atoms with Crippen molar-refractivity contribution >= 4 is 167 Å². The fourth-order valence-electron chi connectivity index (χ4n) is 1.46. The normalized spacial score (nSPS) is 35.4. The van der Waals surface area contributed by atoms with Crippen LogP contribution < -0.4 is 0 Å². The molecule has 1 fully saturated rings. The molecule has 1 aliphatic heterocycles. The average molecular weight is 889 g/mol. The smallest absolute Gasteiger partial charge is 0.412 e. The first-order chi connectivity index (χ1) is 9.98. The quantitative estimate of drug-likeness (QED) is 0.286. The molecule has 4 nitrogen and oxygen atoms in total. The molecule has 0 aromatic rings. The van der Waals surface area contributed by atoms with Crippen molar-refractivity contribution in [2.24, 2.45) is 0 Å². The maximum Gasteiger partial charge on any atom is 0.412 e. The van der Waals surface area contributed by atoms with Crippen LogP contribution in [0.1, 0.15) is 0 Å². The molecular formula is C6HBr8O4Si4. The molecule has 0 aromatic heterocycles. The van der Waals surface area contributed by atoms with Crippen LogP contribution in [0.2, 0.25) is 0 Å². The van der Waals surface area contributed by atoms with Crippen molar-refractivity contribution in [2.45, 2.75) is 13.6 Å². The number of alkyl halides is 7. The van der Waals surface area contributed by atoms with Gasteiger partial charge in [-0.1, -0.05) is 134 Å². The fraction of sp³-hybridized carbons (Fsp3) is 0.667. The number of hydrogen-bond donors (Lipinski definition) is 0. The third-order valence-electron chi connectivity index (χ3n) is 2.60. The van der Waals surface area contributed by atoms with Crippen molar-refractivity contribution in [2.75, 3.05) is 0 Å². The molecule has 16 heteroatoms. The Bertz CT molecular complexity index is 470. The monoisotopic (exact) mass is 880 g/mol. The summed E-state index contributed by atoms with van der Waals surface area (Å²) in [4.78, 5) is 0. The molecule has 0 N–H and O–H groups in total. The topological polar surface area (TPSA) is 36.9 Å². The van der Waals surface area contributed by atoms with Gasteiger partial charge in [-0.2, -0.15) is 0 Å². The second-order valence-electron chi connectivity index (χ2n) is 3.87. The SMILES string of the molecule is BrC1=CC(Br)([Si]2O[Si]O[Si]O[Si]O2)C(Br)(Br)C(Br)(Br)C1(Br)Br. The minimum Gasteiger partial charge on any atom is -0.412 e. The molecule has 2 rings (SSSR count). The number of hydrogen-bond acceptors (Lipinski definition) is 4. The summed E-state index contributed by atoms with van der Waals surface area (Å²) in [7, 11) is -2.23. The zero-order valence-electron chi connectivity index (χ0n) is 9.73. The molecule has 2 aliphatic rings. The molecule has 0 aromatic carbocycles. The van der Waals surface area contributed by atoms with Crippen molar-refractivity contribution in [1.29, 1.82) is 0 Å². The van der Waals surface area contributed by atoms with Gasteiger partial charge in [0, 0.05) is 4.48 Å². The van der Waals surface area contributed by atoms with Crippen LogP contribution in [0.5, 0.6) is 0 Å². The third-order valence-corrected chi connectivity index (χ3v) is 23.8. The van der Waals surface area contributed by atoms with Crippen LogP contribution in [0, 0.1) is 0 Å². The summed E-state index contributed by atoms with van der Waals surface area (Å²) in [6, 6.07) is 0. The molecule has 0 saturated carbocycles. The predicted octanol–water partition coefficient (Wildman–Crippen LogP) is 4.58. The summed E-state index contributed by atoms with van der Waals surface area (Å²) >= 11 is 29.7. The summed E-state index contributed by atoms with van der Waals surface area (Å²) in [5.74, 6) is 0. The van der Waals surface area contributed by atoms with Gasteiger partial charge in [0.05, 0.1) is 0 Å². The van der Waals surface area contributed by atoms with Crippen LogP contribution in [0.25, 0.3) is 0 Å². The van der Waals surface area contributed by atoms with Crippen LogP contribution in [-0.4, -0.2) is 53.0 Å². The first-order valence-corrected chi connectivity index (χ1v) is 15.1. The Labute approximate surface area is 204 Å². The Hall–Kier alpha value is 4.29. The number of halogens is 8. The third kappa shape index (κ3) is 3.88. The number of allylic oxidation sites excluding steroid dienone is 2. The Morgan fingerprint density at radius 2 is 1.32 bits per heavy atom. The maximum absolute atomic E-state index is 5.85. The first-order valence-electron chi connectivity index (χ1n) is 4.97. The highest BCUT2D eigenvalue weighted by atomic mass is 79.9. The zero-order chi connectivity index (χ0) is 16.8. The molecule has 0 spiro atoms. The van der Waals surface area contributed by atoms with Gasteiger partial charge in [0.15, 0.2) is 0 Å². The highest BCUT2D eigenvalue weighted by Gasteiger charge is 2.72. The van der Waals surface area contributed by atoms with Gasteiger partial charge in [-0.15, -0.1) is 0 Å². The predicted molar refractivity (Wildman–Crippen MR) is 118 cm³/mol. The maximum atomic E-state index is 5.85. The lowest BCUT2D eigenvalue weighted by Crippen LogP contribution is -2.67. The van der Waals surface area contributed by atoms with E-state index in [0.717, 1.165) is 4.48 Å². The lowest BCUT2D eigenvalue weighted by Gasteiger charge is -2.54. The lowest BCUT2D eigenvalue weighted by molar-refractivity contribution is 0.318. The molecular weight excluding hydrogens is 888 g/mol. The molecule has 1 saturated heterocycles. The molecule has 0 bridgehead atoms. The molecule has 1 atom stereocenters. The molecule has 7 radical (unpaired) electrons. The Balaban J connectivity index is 2.49. The molecule has 121 valence electrons. The first kappa shape index (κ1) is 22.6. The van der Waals surface area contributed by atoms with Crippen molar-refractivity contribution in [3.05, 3.63) is 10.6 Å². The van der Waals surface area contributed by atoms with E-state index in [9.17, 15) is 0 Å². The summed E-state index contributed by atoms with van der Waals surface area (Å²) in [6.45, 7) is 0. The van der Waals surface area contributed by atoms with Crippen LogP contribution in [0.3, 0.4) is 0 Å². The van der Waals surface area contributed by atoms with Gasteiger partial charge in [0.1, 0.15) is 13.6 Å². The van der Waals surface area contributed by atoms with Gasteiger partial charge in [-0.3, -0.25) is 0 Å². The minimum absolute atomic E-state index is 0.0662. The number of rotatable bonds is 1. The van der Waals surface area contributed by atoms with Crippen molar-refractivity contribution in [3.8, 4) is 0 Å². The van der Waals surface area contributed by atoms with E-state index in [1.165, 1.54) is 0 Å². The van der Waals surface area contributed by atoms with E-state index in [0.29, 0.717) is 0 Å². The van der Waals surface area contributed by atoms with Gasteiger partial charge in [-0.05, 0) is 0 Å². The van der Waals surface area contributed by atoms with E-state index in [4.69, 9.17) is 16.5 Å². The van der Waals surface area contributed by atoms with E-state index in [1.807, 2.05) is 6.08 Å². The van der Waals surface area contributed by atoms with Gasteiger partial charge in [0.2, 0.25) is 0 Å². The van der Waals surface area contributed by atoms with Crippen LogP contribution in [0.4, 0.5) is 0 Å². The summed E-state index contributed by atoms with van der Waals surface area (Å²) < 4.78 is 20.3. The van der Waals surface area contributed by atoms with Crippen molar-refractivity contribution in [1.82, 2.24) is 0 Å². The largest absolute Gasteiger partial charge is 0.412 e. The molecule has 1 unspecified atom stereocenters. The molecule has 1 aliphatic carbocycles. The van der Waals surface area contributed by atoms with E-state index in [-0.39, 0.29) is 30.0 Å². The average Bonchev–Trinajstić information content (AvgIpc) is 2.35. The van der Waals surface area contributed by atoms with E-state index < -0.39 is 22.9 Å². The lowest BCUT2D eigenvalue weighted by atomic mass is 10.1. The molecule has 0 amide bonds. The van der Waals surface area contributed by atoms with Crippen LogP contribution in [0.15, 0.2) is 10.6 Å². The standard InChI is InChI=1S/C6HBr8O4Si4/c7-2-1-3(8,22-17-20-15-19-16-21-18-22)5(11,12)6(13,14)4(2,9)10/h1H. The van der Waals surface area contributed by atoms with Crippen molar-refractivity contribution in [3.63, 3.8) is 0 Å². The van der Waals surface area contributed by atoms with E-state index in [2.05, 4.69) is 127 Å². The second-order valence-corrected chi connectivity index (χ2v) is 22.2. The summed E-state index contributed by atoms with van der Waals surface area (Å²) in [6.07, 6.45) is 1.98. The van der Waals surface area contributed by atoms with Crippen LogP contribution >= 0.6 is 127 Å². The highest BCUT2D eigenvalue weighted by Crippen LogP contribution is 2.71. The Morgan fingerprint density at radius 3 is 1.82 bits per heavy atom. The Morgan fingerprint density at radius 1 is 0.818 bits per heavy atom. The second kappa shape index (κ2) is 8.34.